The molecule has 4 nitrogen and oxygen atoms in total. The zero-order valence-electron chi connectivity index (χ0n) is 15.1. The Balaban J connectivity index is 1.42. The summed E-state index contributed by atoms with van der Waals surface area (Å²) in [4.78, 5) is 26.6. The van der Waals surface area contributed by atoms with Gasteiger partial charge in [-0.3, -0.25) is 9.59 Å². The molecule has 0 aliphatic carbocycles. The van der Waals surface area contributed by atoms with Crippen molar-refractivity contribution >= 4 is 11.8 Å². The number of rotatable bonds is 7. The molecule has 2 aromatic carbocycles. The highest BCUT2D eigenvalue weighted by molar-refractivity contribution is 5.94. The molecule has 1 heterocycles. The molecule has 1 atom stereocenters. The van der Waals surface area contributed by atoms with Gasteiger partial charge in [0.15, 0.2) is 0 Å². The van der Waals surface area contributed by atoms with E-state index in [1.54, 1.807) is 12.1 Å². The van der Waals surface area contributed by atoms with Crippen LogP contribution in [0.1, 0.15) is 41.6 Å². The van der Waals surface area contributed by atoms with Gasteiger partial charge in [-0.2, -0.15) is 0 Å². The van der Waals surface area contributed by atoms with Crippen LogP contribution < -0.4 is 5.32 Å². The minimum Gasteiger partial charge on any atom is -0.352 e. The van der Waals surface area contributed by atoms with E-state index in [1.807, 2.05) is 41.3 Å². The van der Waals surface area contributed by atoms with Crippen molar-refractivity contribution in [2.75, 3.05) is 13.1 Å². The lowest BCUT2D eigenvalue weighted by Gasteiger charge is -2.25. The Hall–Kier alpha value is -2.62. The summed E-state index contributed by atoms with van der Waals surface area (Å²) in [6.45, 7) is 1.38. The molecule has 2 amide bonds. The summed E-state index contributed by atoms with van der Waals surface area (Å²) in [6.07, 6.45) is 4.24. The summed E-state index contributed by atoms with van der Waals surface area (Å²) in [5.41, 5.74) is 1.94. The third-order valence-electron chi connectivity index (χ3n) is 4.90. The van der Waals surface area contributed by atoms with Gasteiger partial charge in [0, 0.05) is 31.1 Å². The van der Waals surface area contributed by atoms with Crippen LogP contribution in [0.5, 0.6) is 0 Å². The molecular weight excluding hydrogens is 324 g/mol. The topological polar surface area (TPSA) is 49.4 Å². The average molecular weight is 350 g/mol. The second-order valence-electron chi connectivity index (χ2n) is 6.80. The van der Waals surface area contributed by atoms with E-state index in [4.69, 9.17) is 0 Å². The molecule has 1 unspecified atom stereocenters. The van der Waals surface area contributed by atoms with E-state index in [2.05, 4.69) is 17.4 Å². The third-order valence-corrected chi connectivity index (χ3v) is 4.90. The quantitative estimate of drug-likeness (QED) is 0.778. The Morgan fingerprint density at radius 2 is 1.69 bits per heavy atom. The molecule has 0 bridgehead atoms. The number of benzene rings is 2. The lowest BCUT2D eigenvalue weighted by atomic mass is 10.0. The highest BCUT2D eigenvalue weighted by atomic mass is 16.2. The molecule has 0 aromatic heterocycles. The van der Waals surface area contributed by atoms with E-state index >= 15 is 0 Å². The van der Waals surface area contributed by atoms with Gasteiger partial charge in [0.1, 0.15) is 0 Å². The largest absolute Gasteiger partial charge is 0.352 e. The maximum Gasteiger partial charge on any atom is 0.251 e. The lowest BCUT2D eigenvalue weighted by Crippen LogP contribution is -2.37. The fourth-order valence-electron chi connectivity index (χ4n) is 3.54. The van der Waals surface area contributed by atoms with Gasteiger partial charge in [0.05, 0.1) is 0 Å². The minimum atomic E-state index is -0.0822. The maximum atomic E-state index is 12.6. The van der Waals surface area contributed by atoms with Crippen LogP contribution in [-0.4, -0.2) is 35.8 Å². The highest BCUT2D eigenvalue weighted by Crippen LogP contribution is 2.22. The zero-order valence-corrected chi connectivity index (χ0v) is 15.1. The first-order chi connectivity index (χ1) is 12.7. The van der Waals surface area contributed by atoms with Gasteiger partial charge >= 0.3 is 0 Å². The third kappa shape index (κ3) is 4.94. The summed E-state index contributed by atoms with van der Waals surface area (Å²) in [6, 6.07) is 19.8. The van der Waals surface area contributed by atoms with Gasteiger partial charge in [-0.15, -0.1) is 0 Å². The van der Waals surface area contributed by atoms with Crippen molar-refractivity contribution in [3.8, 4) is 0 Å². The number of carbonyl (C=O) groups excluding carboxylic acids is 2. The van der Waals surface area contributed by atoms with Crippen molar-refractivity contribution in [1.29, 1.82) is 0 Å². The number of nitrogens with one attached hydrogen (secondary N) is 1. The van der Waals surface area contributed by atoms with Crippen molar-refractivity contribution in [2.24, 2.45) is 0 Å². The molecule has 1 fully saturated rings. The van der Waals surface area contributed by atoms with Crippen LogP contribution in [0.15, 0.2) is 60.7 Å². The van der Waals surface area contributed by atoms with Crippen LogP contribution >= 0.6 is 0 Å². The molecule has 136 valence electrons. The summed E-state index contributed by atoms with van der Waals surface area (Å²) in [5, 5.41) is 2.89. The lowest BCUT2D eigenvalue weighted by molar-refractivity contribution is -0.132. The van der Waals surface area contributed by atoms with Crippen LogP contribution in [0, 0.1) is 0 Å². The van der Waals surface area contributed by atoms with Gasteiger partial charge in [-0.05, 0) is 43.4 Å². The smallest absolute Gasteiger partial charge is 0.251 e. The van der Waals surface area contributed by atoms with E-state index in [9.17, 15) is 9.59 Å². The Labute approximate surface area is 155 Å². The van der Waals surface area contributed by atoms with E-state index in [-0.39, 0.29) is 11.8 Å². The molecule has 3 rings (SSSR count). The SMILES string of the molecule is O=C(NCCCC(=O)N1CCCC1Cc1ccccc1)c1ccccc1. The van der Waals surface area contributed by atoms with Gasteiger partial charge in [-0.25, -0.2) is 0 Å². The molecule has 26 heavy (non-hydrogen) atoms. The Kier molecular flexibility index (Phi) is 6.42. The normalized spacial score (nSPS) is 16.5. The molecule has 0 radical (unpaired) electrons. The van der Waals surface area contributed by atoms with Crippen molar-refractivity contribution < 1.29 is 9.59 Å². The molecule has 1 saturated heterocycles. The van der Waals surface area contributed by atoms with Crippen LogP contribution in [0.25, 0.3) is 0 Å². The van der Waals surface area contributed by atoms with E-state index in [0.717, 1.165) is 25.8 Å². The van der Waals surface area contributed by atoms with Crippen molar-refractivity contribution in [1.82, 2.24) is 10.2 Å². The molecule has 0 saturated carbocycles. The molecule has 0 spiro atoms. The number of carbonyl (C=O) groups is 2. The fraction of sp³-hybridized carbons (Fsp3) is 0.364. The maximum absolute atomic E-state index is 12.6. The Morgan fingerprint density at radius 3 is 2.42 bits per heavy atom. The minimum absolute atomic E-state index is 0.0822. The van der Waals surface area contributed by atoms with Crippen LogP contribution in [0.3, 0.4) is 0 Å². The number of hydrogen-bond donors (Lipinski definition) is 1. The van der Waals surface area contributed by atoms with Crippen LogP contribution in [-0.2, 0) is 11.2 Å². The predicted molar refractivity (Wildman–Crippen MR) is 103 cm³/mol. The second kappa shape index (κ2) is 9.18. The van der Waals surface area contributed by atoms with E-state index in [0.29, 0.717) is 31.0 Å². The first-order valence-electron chi connectivity index (χ1n) is 9.40. The monoisotopic (exact) mass is 350 g/mol. The summed E-state index contributed by atoms with van der Waals surface area (Å²) < 4.78 is 0. The number of hydrogen-bond acceptors (Lipinski definition) is 2. The van der Waals surface area contributed by atoms with Crippen molar-refractivity contribution in [2.45, 2.75) is 38.1 Å². The zero-order chi connectivity index (χ0) is 18.2. The molecule has 2 aromatic rings. The van der Waals surface area contributed by atoms with Gasteiger partial charge < -0.3 is 10.2 Å². The van der Waals surface area contributed by atoms with Gasteiger partial charge in [0.25, 0.3) is 5.91 Å². The standard InChI is InChI=1S/C22H26N2O2/c25-21(14-7-15-23-22(26)19-11-5-2-6-12-19)24-16-8-13-20(24)17-18-9-3-1-4-10-18/h1-6,9-12,20H,7-8,13-17H2,(H,23,26). The Bertz CT molecular complexity index is 715. The van der Waals surface area contributed by atoms with Crippen LogP contribution in [0.4, 0.5) is 0 Å². The number of amides is 2. The highest BCUT2D eigenvalue weighted by Gasteiger charge is 2.28. The second-order valence-corrected chi connectivity index (χ2v) is 6.80. The molecule has 1 aliphatic heterocycles. The number of likely N-dealkylation sites (tertiary alicyclic amines) is 1. The van der Waals surface area contributed by atoms with E-state index < -0.39 is 0 Å². The summed E-state index contributed by atoms with van der Waals surface area (Å²) >= 11 is 0. The van der Waals surface area contributed by atoms with Gasteiger partial charge in [0.2, 0.25) is 5.91 Å². The molecule has 1 aliphatic rings. The first-order valence-corrected chi connectivity index (χ1v) is 9.40. The van der Waals surface area contributed by atoms with E-state index in [1.165, 1.54) is 5.56 Å². The molecule has 1 N–H and O–H groups in total. The Morgan fingerprint density at radius 1 is 1.00 bits per heavy atom. The predicted octanol–water partition coefficient (Wildman–Crippen LogP) is 3.43. The molecule has 4 heteroatoms. The fourth-order valence-corrected chi connectivity index (χ4v) is 3.54. The summed E-state index contributed by atoms with van der Waals surface area (Å²) in [7, 11) is 0. The van der Waals surface area contributed by atoms with Crippen molar-refractivity contribution in [3.63, 3.8) is 0 Å². The summed E-state index contributed by atoms with van der Waals surface area (Å²) in [5.74, 6) is 0.124. The number of nitrogens with zero attached hydrogens (tertiary/aromatic N) is 1. The van der Waals surface area contributed by atoms with Gasteiger partial charge in [-0.1, -0.05) is 48.5 Å². The average Bonchev–Trinajstić information content (AvgIpc) is 3.14. The first kappa shape index (κ1) is 18.2. The van der Waals surface area contributed by atoms with Crippen molar-refractivity contribution in [3.05, 3.63) is 71.8 Å². The van der Waals surface area contributed by atoms with Crippen LogP contribution in [0.2, 0.25) is 0 Å². The molecular formula is C22H26N2O2.